The number of carbonyl (C=O) groups excluding carboxylic acids is 1. The number of hydrogen-bond donors (Lipinski definition) is 1. The average molecular weight is 481 g/mol. The number of fused-ring (bicyclic) bond motifs is 1. The van der Waals surface area contributed by atoms with E-state index in [1.807, 2.05) is 19.2 Å². The Bertz CT molecular complexity index is 1070. The highest BCUT2D eigenvalue weighted by Crippen LogP contribution is 2.50. The van der Waals surface area contributed by atoms with Crippen LogP contribution in [0.2, 0.25) is 0 Å². The van der Waals surface area contributed by atoms with E-state index in [2.05, 4.69) is 16.3 Å². The second kappa shape index (κ2) is 9.09. The Hall–Kier alpha value is -2.81. The molecule has 1 aliphatic carbocycles. The summed E-state index contributed by atoms with van der Waals surface area (Å²) in [5.74, 6) is -0.706. The highest BCUT2D eigenvalue weighted by Gasteiger charge is 2.50. The molecular weight excluding hydrogens is 452 g/mol. The number of carbonyl (C=O) groups is 1. The Morgan fingerprint density at radius 2 is 1.82 bits per heavy atom. The summed E-state index contributed by atoms with van der Waals surface area (Å²) < 4.78 is 63.6. The molecule has 1 aliphatic heterocycles. The fourth-order valence-electron chi connectivity index (χ4n) is 5.55. The predicted octanol–water partition coefficient (Wildman–Crippen LogP) is 4.79. The second-order valence-corrected chi connectivity index (χ2v) is 9.11. The molecule has 4 rings (SSSR count). The molecule has 2 aliphatic rings. The van der Waals surface area contributed by atoms with Gasteiger partial charge in [-0.25, -0.2) is 4.39 Å². The van der Waals surface area contributed by atoms with Gasteiger partial charge < -0.3 is 19.7 Å². The maximum atomic E-state index is 13.6. The largest absolute Gasteiger partial charge is 0.493 e. The molecule has 1 heterocycles. The van der Waals surface area contributed by atoms with Gasteiger partial charge >= 0.3 is 6.18 Å². The summed E-state index contributed by atoms with van der Waals surface area (Å²) in [5, 5.41) is 2.88. The molecule has 0 bridgehead atoms. The molecule has 184 valence electrons. The summed E-state index contributed by atoms with van der Waals surface area (Å²) >= 11 is 0. The topological polar surface area (TPSA) is 50.8 Å². The van der Waals surface area contributed by atoms with Gasteiger partial charge in [-0.2, -0.15) is 13.2 Å². The minimum absolute atomic E-state index is 0.116. The Labute approximate surface area is 196 Å². The summed E-state index contributed by atoms with van der Waals surface area (Å²) in [5.41, 5.74) is -0.607. The minimum atomic E-state index is -4.86. The van der Waals surface area contributed by atoms with Crippen LogP contribution < -0.4 is 14.8 Å². The SMILES string of the molecule is COc1ccc([C@@]23CC[C@@H](NC(=O)c4ccc(F)c(C(F)(F)F)c4)C[C@@H]2N(C)CC3)cc1OC. The molecule has 2 fully saturated rings. The standard InChI is InChI=1S/C25H28F4N2O3/c1-31-11-10-24(16-5-7-20(33-2)21(13-16)34-3)9-8-17(14-22(24)31)30-23(32)15-4-6-19(26)18(12-15)25(27,28)29/h4-7,12-13,17,22H,8-11,14H2,1-3H3,(H,30,32)/t17-,22+,24+/m1/s1. The second-order valence-electron chi connectivity index (χ2n) is 9.11. The number of ether oxygens (including phenoxy) is 2. The Morgan fingerprint density at radius 1 is 1.09 bits per heavy atom. The third kappa shape index (κ3) is 4.33. The van der Waals surface area contributed by atoms with Crippen molar-refractivity contribution in [1.82, 2.24) is 10.2 Å². The zero-order valence-electron chi connectivity index (χ0n) is 19.3. The van der Waals surface area contributed by atoms with E-state index >= 15 is 0 Å². The number of rotatable bonds is 5. The van der Waals surface area contributed by atoms with Gasteiger partial charge in [-0.15, -0.1) is 0 Å². The van der Waals surface area contributed by atoms with E-state index in [1.54, 1.807) is 14.2 Å². The fourth-order valence-corrected chi connectivity index (χ4v) is 5.55. The van der Waals surface area contributed by atoms with Crippen LogP contribution in [0.1, 0.15) is 47.2 Å². The Morgan fingerprint density at radius 3 is 2.50 bits per heavy atom. The van der Waals surface area contributed by atoms with Crippen molar-refractivity contribution in [2.75, 3.05) is 27.8 Å². The van der Waals surface area contributed by atoms with Gasteiger partial charge in [0.25, 0.3) is 5.91 Å². The zero-order chi connectivity index (χ0) is 24.7. The van der Waals surface area contributed by atoms with Crippen molar-refractivity contribution in [3.63, 3.8) is 0 Å². The lowest BCUT2D eigenvalue weighted by Gasteiger charge is -2.45. The molecule has 0 radical (unpaired) electrons. The molecule has 1 saturated heterocycles. The summed E-state index contributed by atoms with van der Waals surface area (Å²) in [7, 11) is 5.24. The van der Waals surface area contributed by atoms with Crippen LogP contribution in [0.25, 0.3) is 0 Å². The number of nitrogens with zero attached hydrogens (tertiary/aromatic N) is 1. The molecule has 0 spiro atoms. The number of likely N-dealkylation sites (N-methyl/N-ethyl adjacent to an activating group) is 1. The van der Waals surface area contributed by atoms with Gasteiger partial charge in [0.15, 0.2) is 11.5 Å². The predicted molar refractivity (Wildman–Crippen MR) is 119 cm³/mol. The van der Waals surface area contributed by atoms with E-state index in [-0.39, 0.29) is 23.1 Å². The van der Waals surface area contributed by atoms with Crippen LogP contribution >= 0.6 is 0 Å². The third-order valence-electron chi connectivity index (χ3n) is 7.35. The van der Waals surface area contributed by atoms with E-state index < -0.39 is 23.5 Å². The van der Waals surface area contributed by atoms with E-state index in [0.717, 1.165) is 31.0 Å². The molecule has 34 heavy (non-hydrogen) atoms. The number of halogens is 4. The van der Waals surface area contributed by atoms with Gasteiger partial charge in [-0.3, -0.25) is 4.79 Å². The lowest BCUT2D eigenvalue weighted by Crippen LogP contribution is -2.51. The maximum Gasteiger partial charge on any atom is 0.419 e. The van der Waals surface area contributed by atoms with E-state index in [0.29, 0.717) is 36.5 Å². The first-order valence-electron chi connectivity index (χ1n) is 11.2. The number of nitrogens with one attached hydrogen (secondary N) is 1. The molecule has 0 unspecified atom stereocenters. The van der Waals surface area contributed by atoms with Crippen LogP contribution in [0.4, 0.5) is 17.6 Å². The molecule has 9 heteroatoms. The van der Waals surface area contributed by atoms with Crippen molar-refractivity contribution in [1.29, 1.82) is 0 Å². The first-order valence-corrected chi connectivity index (χ1v) is 11.2. The first-order chi connectivity index (χ1) is 16.1. The number of alkyl halides is 3. The average Bonchev–Trinajstić information content (AvgIpc) is 3.15. The molecular formula is C25H28F4N2O3. The quantitative estimate of drug-likeness (QED) is 0.626. The summed E-state index contributed by atoms with van der Waals surface area (Å²) in [4.78, 5) is 15.0. The van der Waals surface area contributed by atoms with Crippen LogP contribution in [0.15, 0.2) is 36.4 Å². The molecule has 1 amide bonds. The molecule has 1 N–H and O–H groups in total. The lowest BCUT2D eigenvalue weighted by atomic mass is 9.65. The van der Waals surface area contributed by atoms with E-state index in [9.17, 15) is 22.4 Å². The van der Waals surface area contributed by atoms with Gasteiger partial charge in [0.05, 0.1) is 19.8 Å². The monoisotopic (exact) mass is 480 g/mol. The van der Waals surface area contributed by atoms with Crippen molar-refractivity contribution < 1.29 is 31.8 Å². The van der Waals surface area contributed by atoms with Crippen molar-refractivity contribution in [2.24, 2.45) is 0 Å². The number of likely N-dealkylation sites (tertiary alicyclic amines) is 1. The Kier molecular flexibility index (Phi) is 6.50. The third-order valence-corrected chi connectivity index (χ3v) is 7.35. The van der Waals surface area contributed by atoms with Gasteiger partial charge in [0, 0.05) is 23.1 Å². The Balaban J connectivity index is 1.54. The van der Waals surface area contributed by atoms with Gasteiger partial charge in [-0.05, 0) is 75.2 Å². The van der Waals surface area contributed by atoms with Crippen LogP contribution in [-0.4, -0.2) is 50.7 Å². The van der Waals surface area contributed by atoms with Crippen LogP contribution in [0.3, 0.4) is 0 Å². The smallest absolute Gasteiger partial charge is 0.419 e. The highest BCUT2D eigenvalue weighted by molar-refractivity contribution is 5.94. The molecule has 5 nitrogen and oxygen atoms in total. The summed E-state index contributed by atoms with van der Waals surface area (Å²) in [6, 6.07) is 8.26. The van der Waals surface area contributed by atoms with Gasteiger partial charge in [0.2, 0.25) is 0 Å². The van der Waals surface area contributed by atoms with Crippen LogP contribution in [0, 0.1) is 5.82 Å². The molecule has 3 atom stereocenters. The normalized spacial score (nSPS) is 25.0. The molecule has 2 aromatic rings. The fraction of sp³-hybridized carbons (Fsp3) is 0.480. The minimum Gasteiger partial charge on any atom is -0.493 e. The van der Waals surface area contributed by atoms with E-state index in [1.165, 1.54) is 0 Å². The summed E-state index contributed by atoms with van der Waals surface area (Å²) in [6.45, 7) is 0.895. The van der Waals surface area contributed by atoms with E-state index in [4.69, 9.17) is 9.47 Å². The number of hydrogen-bond acceptors (Lipinski definition) is 4. The lowest BCUT2D eigenvalue weighted by molar-refractivity contribution is -0.140. The van der Waals surface area contributed by atoms with Crippen molar-refractivity contribution >= 4 is 5.91 Å². The number of benzene rings is 2. The number of amides is 1. The maximum absolute atomic E-state index is 13.6. The summed E-state index contributed by atoms with van der Waals surface area (Å²) in [6.07, 6.45) is -1.77. The molecule has 2 aromatic carbocycles. The molecule has 0 aromatic heterocycles. The number of methoxy groups -OCH3 is 2. The van der Waals surface area contributed by atoms with Crippen LogP contribution in [-0.2, 0) is 11.6 Å². The highest BCUT2D eigenvalue weighted by atomic mass is 19.4. The molecule has 1 saturated carbocycles. The van der Waals surface area contributed by atoms with Gasteiger partial charge in [0.1, 0.15) is 5.82 Å². The zero-order valence-corrected chi connectivity index (χ0v) is 19.3. The first kappa shape index (κ1) is 24.3. The van der Waals surface area contributed by atoms with Crippen molar-refractivity contribution in [3.05, 3.63) is 58.9 Å². The van der Waals surface area contributed by atoms with Crippen molar-refractivity contribution in [2.45, 2.75) is 49.4 Å². The van der Waals surface area contributed by atoms with Crippen molar-refractivity contribution in [3.8, 4) is 11.5 Å². The van der Waals surface area contributed by atoms with Crippen LogP contribution in [0.5, 0.6) is 11.5 Å². The van der Waals surface area contributed by atoms with Gasteiger partial charge in [-0.1, -0.05) is 6.07 Å².